The van der Waals surface area contributed by atoms with Crippen LogP contribution in [-0.4, -0.2) is 58.0 Å². The number of rotatable bonds is 4. The average molecular weight is 399 g/mol. The Balaban J connectivity index is 1.25. The van der Waals surface area contributed by atoms with Gasteiger partial charge in [-0.1, -0.05) is 19.3 Å². The van der Waals surface area contributed by atoms with Gasteiger partial charge < -0.3 is 15.0 Å². The standard InChI is InChI=1S/C22H30N4O3/c1-14-16(9-23-13-25-14)20(27)24-10-17-18-11-26(12-22(18)8-7-19(17)29-22)21(28)15-5-3-2-4-6-15/h9,13,15,17-19H,2-8,10-12H2,1H3,(H,24,27)/t17-,18+,19+,22+/m0/s1. The van der Waals surface area contributed by atoms with Gasteiger partial charge in [0.05, 0.1) is 29.5 Å². The van der Waals surface area contributed by atoms with Gasteiger partial charge in [0.15, 0.2) is 0 Å². The largest absolute Gasteiger partial charge is 0.369 e. The first kappa shape index (κ1) is 19.0. The lowest BCUT2D eigenvalue weighted by Crippen LogP contribution is -2.42. The smallest absolute Gasteiger partial charge is 0.254 e. The predicted octanol–water partition coefficient (Wildman–Crippen LogP) is 2.10. The summed E-state index contributed by atoms with van der Waals surface area (Å²) in [7, 11) is 0. The second-order valence-electron chi connectivity index (χ2n) is 9.32. The monoisotopic (exact) mass is 398 g/mol. The summed E-state index contributed by atoms with van der Waals surface area (Å²) in [5, 5.41) is 3.08. The normalized spacial score (nSPS) is 33.7. The third-order valence-corrected chi connectivity index (χ3v) is 7.70. The Morgan fingerprint density at radius 2 is 2.10 bits per heavy atom. The lowest BCUT2D eigenvalue weighted by molar-refractivity contribution is -0.137. The molecule has 3 saturated heterocycles. The van der Waals surface area contributed by atoms with Crippen molar-refractivity contribution in [2.75, 3.05) is 19.6 Å². The zero-order chi connectivity index (χ0) is 20.0. The van der Waals surface area contributed by atoms with Gasteiger partial charge in [0, 0.05) is 37.0 Å². The molecular weight excluding hydrogens is 368 g/mol. The fourth-order valence-corrected chi connectivity index (χ4v) is 6.16. The fourth-order valence-electron chi connectivity index (χ4n) is 6.16. The molecule has 156 valence electrons. The van der Waals surface area contributed by atoms with Crippen molar-refractivity contribution in [2.45, 2.75) is 63.6 Å². The first-order chi connectivity index (χ1) is 14.1. The van der Waals surface area contributed by atoms with E-state index in [0.29, 0.717) is 29.6 Å². The molecule has 1 saturated carbocycles. The Morgan fingerprint density at radius 3 is 2.90 bits per heavy atom. The third-order valence-electron chi connectivity index (χ3n) is 7.70. The van der Waals surface area contributed by atoms with Crippen LogP contribution in [0.1, 0.15) is 61.0 Å². The van der Waals surface area contributed by atoms with Crippen LogP contribution in [0.3, 0.4) is 0 Å². The van der Waals surface area contributed by atoms with Gasteiger partial charge in [-0.3, -0.25) is 9.59 Å². The number of nitrogens with one attached hydrogen (secondary N) is 1. The summed E-state index contributed by atoms with van der Waals surface area (Å²) in [5.74, 6) is 0.993. The van der Waals surface area contributed by atoms with Crippen LogP contribution in [0.4, 0.5) is 0 Å². The topological polar surface area (TPSA) is 84.4 Å². The molecule has 29 heavy (non-hydrogen) atoms. The Labute approximate surface area is 171 Å². The molecule has 7 heteroatoms. The number of aryl methyl sites for hydroxylation is 1. The van der Waals surface area contributed by atoms with Gasteiger partial charge in [-0.2, -0.15) is 0 Å². The Hall–Kier alpha value is -2.02. The van der Waals surface area contributed by atoms with Crippen molar-refractivity contribution in [1.29, 1.82) is 0 Å². The van der Waals surface area contributed by atoms with Crippen molar-refractivity contribution in [3.63, 3.8) is 0 Å². The summed E-state index contributed by atoms with van der Waals surface area (Å²) in [4.78, 5) is 35.8. The van der Waals surface area contributed by atoms with Crippen LogP contribution >= 0.6 is 0 Å². The van der Waals surface area contributed by atoms with Crippen LogP contribution in [0.25, 0.3) is 0 Å². The van der Waals surface area contributed by atoms with Crippen molar-refractivity contribution in [2.24, 2.45) is 17.8 Å². The molecule has 7 nitrogen and oxygen atoms in total. The number of hydrogen-bond acceptors (Lipinski definition) is 5. The van der Waals surface area contributed by atoms with Crippen molar-refractivity contribution in [1.82, 2.24) is 20.2 Å². The number of hydrogen-bond donors (Lipinski definition) is 1. The number of carbonyl (C=O) groups is 2. The van der Waals surface area contributed by atoms with E-state index in [2.05, 4.69) is 20.2 Å². The molecule has 4 heterocycles. The van der Waals surface area contributed by atoms with Gasteiger partial charge in [0.1, 0.15) is 6.33 Å². The Kier molecular flexibility index (Phi) is 4.81. The summed E-state index contributed by atoms with van der Waals surface area (Å²) < 4.78 is 6.46. The van der Waals surface area contributed by atoms with Crippen LogP contribution in [0.2, 0.25) is 0 Å². The number of fused-ring (bicyclic) bond motifs is 1. The molecule has 5 rings (SSSR count). The van der Waals surface area contributed by atoms with Crippen LogP contribution in [-0.2, 0) is 9.53 Å². The molecule has 2 amide bonds. The van der Waals surface area contributed by atoms with Gasteiger partial charge in [-0.15, -0.1) is 0 Å². The molecule has 1 aliphatic carbocycles. The van der Waals surface area contributed by atoms with Crippen LogP contribution < -0.4 is 5.32 Å². The minimum absolute atomic E-state index is 0.131. The molecule has 3 aliphatic heterocycles. The van der Waals surface area contributed by atoms with Gasteiger partial charge in [0.25, 0.3) is 5.91 Å². The second kappa shape index (κ2) is 7.35. The first-order valence-corrected chi connectivity index (χ1v) is 11.1. The highest BCUT2D eigenvalue weighted by Gasteiger charge is 2.63. The maximum atomic E-state index is 13.1. The van der Waals surface area contributed by atoms with Crippen molar-refractivity contribution in [3.05, 3.63) is 23.8 Å². The van der Waals surface area contributed by atoms with Crippen LogP contribution in [0.5, 0.6) is 0 Å². The van der Waals surface area contributed by atoms with E-state index in [1.807, 2.05) is 6.92 Å². The van der Waals surface area contributed by atoms with Crippen molar-refractivity contribution < 1.29 is 14.3 Å². The maximum absolute atomic E-state index is 13.1. The summed E-state index contributed by atoms with van der Waals surface area (Å²) in [6.07, 6.45) is 11.0. The van der Waals surface area contributed by atoms with Crippen molar-refractivity contribution >= 4 is 11.8 Å². The number of aromatic nitrogens is 2. The minimum atomic E-state index is -0.184. The number of carbonyl (C=O) groups excluding carboxylic acids is 2. The highest BCUT2D eigenvalue weighted by Crippen LogP contribution is 2.55. The summed E-state index contributed by atoms with van der Waals surface area (Å²) in [5.41, 5.74) is 1.02. The van der Waals surface area contributed by atoms with Crippen LogP contribution in [0.15, 0.2) is 12.5 Å². The minimum Gasteiger partial charge on any atom is -0.369 e. The molecule has 4 fully saturated rings. The quantitative estimate of drug-likeness (QED) is 0.840. The predicted molar refractivity (Wildman–Crippen MR) is 106 cm³/mol. The number of ether oxygens (including phenoxy) is 1. The molecular formula is C22H30N4O3. The lowest BCUT2D eigenvalue weighted by Gasteiger charge is -2.29. The lowest BCUT2D eigenvalue weighted by atomic mass is 9.73. The van der Waals surface area contributed by atoms with E-state index in [-0.39, 0.29) is 29.4 Å². The highest BCUT2D eigenvalue weighted by atomic mass is 16.5. The zero-order valence-electron chi connectivity index (χ0n) is 17.1. The molecule has 4 atom stereocenters. The average Bonchev–Trinajstić information content (AvgIpc) is 3.41. The zero-order valence-corrected chi connectivity index (χ0v) is 17.1. The Bertz CT molecular complexity index is 809. The Morgan fingerprint density at radius 1 is 1.28 bits per heavy atom. The number of likely N-dealkylation sites (tertiary alicyclic amines) is 1. The summed E-state index contributed by atoms with van der Waals surface area (Å²) in [6, 6.07) is 0. The highest BCUT2D eigenvalue weighted by molar-refractivity contribution is 5.94. The molecule has 0 aromatic carbocycles. The molecule has 1 N–H and O–H groups in total. The van der Waals surface area contributed by atoms with Crippen molar-refractivity contribution in [3.8, 4) is 0 Å². The second-order valence-corrected chi connectivity index (χ2v) is 9.32. The van der Waals surface area contributed by atoms with E-state index < -0.39 is 0 Å². The van der Waals surface area contributed by atoms with E-state index >= 15 is 0 Å². The van der Waals surface area contributed by atoms with Gasteiger partial charge >= 0.3 is 0 Å². The van der Waals surface area contributed by atoms with E-state index in [1.54, 1.807) is 6.20 Å². The van der Waals surface area contributed by atoms with E-state index in [1.165, 1.54) is 25.6 Å². The van der Waals surface area contributed by atoms with Gasteiger partial charge in [0.2, 0.25) is 5.91 Å². The molecule has 0 unspecified atom stereocenters. The fraction of sp³-hybridized carbons (Fsp3) is 0.727. The summed E-state index contributed by atoms with van der Waals surface area (Å²) in [6.45, 7) is 3.91. The molecule has 2 bridgehead atoms. The number of amides is 2. The van der Waals surface area contributed by atoms with Gasteiger partial charge in [-0.05, 0) is 32.6 Å². The molecule has 1 aromatic heterocycles. The van der Waals surface area contributed by atoms with E-state index in [0.717, 1.165) is 38.8 Å². The third kappa shape index (κ3) is 3.23. The maximum Gasteiger partial charge on any atom is 0.254 e. The molecule has 1 aromatic rings. The van der Waals surface area contributed by atoms with E-state index in [9.17, 15) is 9.59 Å². The number of nitrogens with zero attached hydrogens (tertiary/aromatic N) is 3. The molecule has 0 radical (unpaired) electrons. The summed E-state index contributed by atoms with van der Waals surface area (Å²) >= 11 is 0. The molecule has 4 aliphatic rings. The SMILES string of the molecule is Cc1ncncc1C(=O)NC[C@H]1[C@H]2CN(C(=O)C3CCCCC3)C[C@]23CC[C@H]1O3. The first-order valence-electron chi connectivity index (χ1n) is 11.1. The molecule has 1 spiro atoms. The van der Waals surface area contributed by atoms with E-state index in [4.69, 9.17) is 4.74 Å². The van der Waals surface area contributed by atoms with Crippen LogP contribution in [0, 0.1) is 24.7 Å². The van der Waals surface area contributed by atoms with Gasteiger partial charge in [-0.25, -0.2) is 9.97 Å².